The van der Waals surface area contributed by atoms with Crippen molar-refractivity contribution in [2.75, 3.05) is 27.4 Å². The number of furan rings is 2. The van der Waals surface area contributed by atoms with Crippen LogP contribution in [-0.4, -0.2) is 137 Å². The Bertz CT molecular complexity index is 4080. The second kappa shape index (κ2) is 30.2. The molecule has 8 aromatic rings. The van der Waals surface area contributed by atoms with Crippen LogP contribution in [0.15, 0.2) is 134 Å². The lowest BCUT2D eigenvalue weighted by molar-refractivity contribution is -0.147. The van der Waals surface area contributed by atoms with E-state index >= 15 is 8.78 Å². The van der Waals surface area contributed by atoms with E-state index in [1.807, 2.05) is 0 Å². The molecule has 0 radical (unpaired) electrons. The van der Waals surface area contributed by atoms with E-state index < -0.39 is 118 Å². The largest absolute Gasteiger partial charge is 0.497 e. The summed E-state index contributed by atoms with van der Waals surface area (Å²) in [7, 11) is -1.65. The summed E-state index contributed by atoms with van der Waals surface area (Å²) in [6.07, 6.45) is -9.31. The van der Waals surface area contributed by atoms with Crippen molar-refractivity contribution in [1.29, 1.82) is 0 Å². The third-order valence-electron chi connectivity index (χ3n) is 14.1. The van der Waals surface area contributed by atoms with Crippen LogP contribution in [0, 0.1) is 0 Å². The minimum absolute atomic E-state index is 0. The summed E-state index contributed by atoms with van der Waals surface area (Å²) >= 11 is 0. The fourth-order valence-electron chi connectivity index (χ4n) is 9.43. The first-order chi connectivity index (χ1) is 43.9. The van der Waals surface area contributed by atoms with Crippen LogP contribution in [0.1, 0.15) is 66.4 Å². The molecule has 0 saturated carbocycles. The Kier molecular flexibility index (Phi) is 22.7. The number of alkyl halides is 4. The molecule has 2 aliphatic heterocycles. The smallest absolute Gasteiger partial charge is 0.459 e. The highest BCUT2D eigenvalue weighted by atomic mass is 31.2. The summed E-state index contributed by atoms with van der Waals surface area (Å²) in [5.41, 5.74) is -0.0651. The molecule has 0 spiro atoms. The summed E-state index contributed by atoms with van der Waals surface area (Å²) in [6, 6.07) is 22.4. The van der Waals surface area contributed by atoms with Crippen molar-refractivity contribution in [3.05, 3.63) is 176 Å². The van der Waals surface area contributed by atoms with Crippen molar-refractivity contribution >= 4 is 47.6 Å². The first-order valence-corrected chi connectivity index (χ1v) is 29.2. The molecule has 7 heterocycles. The maximum atomic E-state index is 15.5. The van der Waals surface area contributed by atoms with Crippen molar-refractivity contribution in [2.24, 2.45) is 0 Å². The number of halogens is 4. The van der Waals surface area contributed by atoms with Gasteiger partial charge in [-0.25, -0.2) is 14.2 Å². The number of pyridine rings is 1. The quantitative estimate of drug-likeness (QED) is 0.0183. The summed E-state index contributed by atoms with van der Waals surface area (Å²) in [4.78, 5) is 74.0. The number of fused-ring (bicyclic) bond motifs is 2. The van der Waals surface area contributed by atoms with Gasteiger partial charge in [0.2, 0.25) is 12.5 Å². The van der Waals surface area contributed by atoms with Gasteiger partial charge in [-0.15, -0.1) is 0 Å². The van der Waals surface area contributed by atoms with Crippen molar-refractivity contribution < 1.29 is 113 Å². The van der Waals surface area contributed by atoms with Gasteiger partial charge in [-0.05, 0) is 73.2 Å². The van der Waals surface area contributed by atoms with Gasteiger partial charge in [0.15, 0.2) is 12.2 Å². The number of hydrogen-bond acceptors (Lipinski definition) is 25. The molecule has 33 heteroatoms. The van der Waals surface area contributed by atoms with Gasteiger partial charge < -0.3 is 72.0 Å². The fourth-order valence-corrected chi connectivity index (χ4v) is 10.9. The van der Waals surface area contributed by atoms with Crippen LogP contribution in [0.4, 0.5) is 17.6 Å². The third kappa shape index (κ3) is 16.5. The van der Waals surface area contributed by atoms with E-state index in [4.69, 9.17) is 56.1 Å². The fraction of sp³-hybridized carbons (Fsp3) is 0.367. The van der Waals surface area contributed by atoms with E-state index in [-0.39, 0.29) is 63.4 Å². The van der Waals surface area contributed by atoms with Gasteiger partial charge in [0.25, 0.3) is 0 Å². The molecule has 0 bridgehead atoms. The summed E-state index contributed by atoms with van der Waals surface area (Å²) in [5.74, 6) is -8.84. The normalized spacial score (nSPS) is 19.7. The predicted molar refractivity (Wildman–Crippen MR) is 312 cm³/mol. The number of benzene rings is 3. The molecule has 2 saturated heterocycles. The van der Waals surface area contributed by atoms with Gasteiger partial charge in [0, 0.05) is 40.5 Å². The molecule has 3 unspecified atom stereocenters. The number of methoxy groups -OCH3 is 2. The molecule has 2 fully saturated rings. The average molecular weight is 1330 g/mol. The molecule has 0 aliphatic carbocycles. The van der Waals surface area contributed by atoms with E-state index in [0.717, 1.165) is 18.5 Å². The van der Waals surface area contributed by atoms with Crippen LogP contribution >= 0.6 is 7.75 Å². The molecule has 3 aromatic carbocycles. The zero-order chi connectivity index (χ0) is 66.1. The second-order valence-corrected chi connectivity index (χ2v) is 22.2. The maximum absolute atomic E-state index is 15.5. The van der Waals surface area contributed by atoms with Gasteiger partial charge in [-0.2, -0.15) is 32.6 Å². The number of esters is 3. The lowest BCUT2D eigenvalue weighted by Gasteiger charge is -2.24. The Morgan fingerprint density at radius 2 is 1.18 bits per heavy atom. The highest BCUT2D eigenvalue weighted by molar-refractivity contribution is 7.52. The zero-order valence-corrected chi connectivity index (χ0v) is 49.6. The van der Waals surface area contributed by atoms with E-state index in [2.05, 4.69) is 20.0 Å². The summed E-state index contributed by atoms with van der Waals surface area (Å²) in [5, 5.41) is 52.1. The minimum atomic E-state index is -4.60. The Labute approximate surface area is 524 Å². The van der Waals surface area contributed by atoms with Crippen molar-refractivity contribution in [1.82, 2.24) is 29.2 Å². The number of aliphatic hydroxyl groups excluding tert-OH is 5. The van der Waals surface area contributed by atoms with Crippen molar-refractivity contribution in [3.8, 4) is 17.2 Å². The third-order valence-corrected chi connectivity index (χ3v) is 15.7. The number of aromatic nitrogens is 5. The Morgan fingerprint density at radius 3 is 1.63 bits per heavy atom. The van der Waals surface area contributed by atoms with E-state index in [9.17, 15) is 57.7 Å². The molecule has 8 atom stereocenters. The van der Waals surface area contributed by atoms with Crippen LogP contribution in [0.25, 0.3) is 21.9 Å². The predicted octanol–water partition coefficient (Wildman–Crippen LogP) is 5.29. The average Bonchev–Trinajstić information content (AvgIpc) is 1.65. The van der Waals surface area contributed by atoms with Crippen molar-refractivity contribution in [3.63, 3.8) is 0 Å². The molecule has 5 aromatic heterocycles. The summed E-state index contributed by atoms with van der Waals surface area (Å²) in [6.45, 7) is -1.74. The molecule has 498 valence electrons. The Morgan fingerprint density at radius 1 is 0.677 bits per heavy atom. The van der Waals surface area contributed by atoms with Crippen LogP contribution in [0.2, 0.25) is 0 Å². The molecular formula is C60H63F4N6O22P. The number of nitrogens with zero attached hydrogens (tertiary/aromatic N) is 5. The van der Waals surface area contributed by atoms with Gasteiger partial charge in [-0.1, -0.05) is 37.8 Å². The molecular weight excluding hydrogens is 1260 g/mol. The number of nitrogens with one attached hydrogen (secondary N) is 1. The molecule has 28 nitrogen and oxygen atoms in total. The minimum Gasteiger partial charge on any atom is -0.497 e. The maximum Gasteiger partial charge on any atom is 0.459 e. The lowest BCUT2D eigenvalue weighted by atomic mass is 10.1. The van der Waals surface area contributed by atoms with Crippen molar-refractivity contribution in [2.45, 2.75) is 115 Å². The van der Waals surface area contributed by atoms with Gasteiger partial charge >= 0.3 is 48.9 Å². The molecule has 2 aliphatic rings. The van der Waals surface area contributed by atoms with Crippen LogP contribution in [0.3, 0.4) is 0 Å². The van der Waals surface area contributed by atoms with Crippen LogP contribution in [0.5, 0.6) is 17.2 Å². The Balaban J connectivity index is 0.000000264. The molecule has 10 rings (SSSR count). The standard InChI is InChI=1S/C37H37F2N4O13P.C22H22F2N2O9.CH4/c1-22(34(47)52-19-23-7-4-3-5-8-23)42-57(49,56-27-9-6-11-40-17-27)53-21-30-33(46)37(38,39)35(55-30)43-12-10-26(41-36(43)48)16-31(45)51-20-29-14-24-13-28(50-2)15-25(18-44)32(24)54-29;1-32-14-4-11-5-15(34-18(11)12(6-14)8-27)10-33-17(29)7-13-2-3-26(21(31)25-13)20-22(23,24)19(30)16(9-28)35-20;/h3-15,17,22,30,33,35,44,46H,16,18-21H2,1-2H3,(H,42,49);2-6,16,19-20,27-28,30H,7-10H2,1H3;1H4/t22-,30+,33+,35?,57?;16-,19-,20?;/m01./s1. The summed E-state index contributed by atoms with van der Waals surface area (Å²) < 4.78 is 133. The van der Waals surface area contributed by atoms with Gasteiger partial charge in [-0.3, -0.25) is 33.0 Å². The lowest BCUT2D eigenvalue weighted by Crippen LogP contribution is -2.42. The zero-order valence-electron chi connectivity index (χ0n) is 48.7. The number of carbonyl (C=O) groups is 3. The Hall–Kier alpha value is -8.95. The first kappa shape index (κ1) is 69.9. The first-order valence-electron chi connectivity index (χ1n) is 27.7. The van der Waals surface area contributed by atoms with Crippen LogP contribution in [-0.2, 0) is 93.0 Å². The van der Waals surface area contributed by atoms with E-state index in [0.29, 0.717) is 65.0 Å². The topological polar surface area (TPSA) is 373 Å². The molecule has 93 heavy (non-hydrogen) atoms. The number of carbonyl (C=O) groups excluding carboxylic acids is 3. The monoisotopic (exact) mass is 1330 g/mol. The number of ether oxygens (including phenoxy) is 7. The highest BCUT2D eigenvalue weighted by Crippen LogP contribution is 2.48. The number of aliphatic hydroxyl groups is 5. The van der Waals surface area contributed by atoms with E-state index in [1.54, 1.807) is 66.7 Å². The highest BCUT2D eigenvalue weighted by Gasteiger charge is 2.61. The molecule has 6 N–H and O–H groups in total. The molecule has 0 amide bonds. The van der Waals surface area contributed by atoms with Gasteiger partial charge in [0.05, 0.1) is 71.1 Å². The SMILES string of the molecule is C.COc1cc(CO)c2oc(COC(=O)Cc3ccn(C4O[C@H](CO)[C@@H](O)C4(F)F)c(=O)n3)cc2c1.COc1cc(CO)c2oc(COC(=O)Cc3ccn(C4O[C@H](COP(=O)(N[C@@H](C)C(=O)OCc5ccccc5)Oc5cccnc5)[C@@H](O)C4(F)F)c(=O)n3)cc2c1. The van der Waals surface area contributed by atoms with E-state index in [1.165, 1.54) is 51.7 Å². The number of hydrogen-bond donors (Lipinski definition) is 6. The second-order valence-electron chi connectivity index (χ2n) is 20.5. The number of rotatable bonds is 25. The van der Waals surface area contributed by atoms with Crippen LogP contribution < -0.4 is 30.5 Å². The van der Waals surface area contributed by atoms with Gasteiger partial charge in [0.1, 0.15) is 78.0 Å².